The number of anilines is 1. The number of hydrogen-bond donors (Lipinski definition) is 3. The quantitative estimate of drug-likeness (QED) is 0.316. The van der Waals surface area contributed by atoms with Crippen molar-refractivity contribution in [1.29, 1.82) is 5.26 Å². The highest BCUT2D eigenvalue weighted by Gasteiger charge is 2.20. The number of hydrogen-bond acceptors (Lipinski definition) is 9. The first-order chi connectivity index (χ1) is 14.0. The van der Waals surface area contributed by atoms with Gasteiger partial charge in [-0.2, -0.15) is 27.1 Å². The molecule has 2 unspecified atom stereocenters. The zero-order valence-electron chi connectivity index (χ0n) is 17.1. The van der Waals surface area contributed by atoms with Gasteiger partial charge in [-0.05, 0) is 31.4 Å². The van der Waals surface area contributed by atoms with E-state index < -0.39 is 8.38 Å². The summed E-state index contributed by atoms with van der Waals surface area (Å²) in [5, 5.41) is 18.1. The van der Waals surface area contributed by atoms with Gasteiger partial charge in [-0.3, -0.25) is 0 Å². The van der Waals surface area contributed by atoms with Crippen LogP contribution in [0.5, 0.6) is 0 Å². The van der Waals surface area contributed by atoms with Crippen LogP contribution in [-0.2, 0) is 4.74 Å². The number of nitrogens with one attached hydrogen (secondary N) is 1. The Morgan fingerprint density at radius 1 is 1.34 bits per heavy atom. The topological polar surface area (TPSA) is 129 Å². The molecule has 160 valence electrons. The van der Waals surface area contributed by atoms with E-state index in [1.165, 1.54) is 11.8 Å². The van der Waals surface area contributed by atoms with E-state index in [-0.39, 0.29) is 18.1 Å². The first kappa shape index (κ1) is 23.8. The summed E-state index contributed by atoms with van der Waals surface area (Å²) < 4.78 is 7.31. The van der Waals surface area contributed by atoms with Crippen LogP contribution < -0.4 is 5.32 Å². The molecule has 3 N–H and O–H groups in total. The van der Waals surface area contributed by atoms with Crippen molar-refractivity contribution in [3.05, 3.63) is 12.0 Å². The highest BCUT2D eigenvalue weighted by Crippen LogP contribution is 2.30. The predicted molar refractivity (Wildman–Crippen MR) is 117 cm³/mol. The van der Waals surface area contributed by atoms with Crippen LogP contribution >= 0.6 is 20.1 Å². The lowest BCUT2D eigenvalue weighted by atomic mass is 10.1. The van der Waals surface area contributed by atoms with E-state index in [9.17, 15) is 5.26 Å². The largest absolute Gasteiger partial charge is 0.367 e. The number of aromatic nitrogens is 4. The fraction of sp³-hybridized carbons (Fsp3) is 0.667. The summed E-state index contributed by atoms with van der Waals surface area (Å²) in [7, 11) is -0.240. The van der Waals surface area contributed by atoms with Gasteiger partial charge in [0.2, 0.25) is 5.82 Å². The third kappa shape index (κ3) is 6.76. The fourth-order valence-electron chi connectivity index (χ4n) is 3.06. The van der Waals surface area contributed by atoms with Gasteiger partial charge in [0.05, 0.1) is 17.1 Å². The maximum Gasteiger partial charge on any atom is 0.236 e. The molecule has 2 rings (SSSR count). The Bertz CT molecular complexity index is 813. The van der Waals surface area contributed by atoms with Gasteiger partial charge in [0, 0.05) is 13.2 Å². The molecule has 2 aromatic heterocycles. The molecule has 0 spiro atoms. The van der Waals surface area contributed by atoms with Crippen molar-refractivity contribution < 1.29 is 14.5 Å². The zero-order chi connectivity index (χ0) is 21.2. The van der Waals surface area contributed by atoms with Crippen molar-refractivity contribution in [2.45, 2.75) is 58.2 Å². The average Bonchev–Trinajstić information content (AvgIpc) is 3.14. The second-order valence-corrected chi connectivity index (χ2v) is 9.21. The van der Waals surface area contributed by atoms with Crippen molar-refractivity contribution in [2.24, 2.45) is 0 Å². The molecule has 2 heterocycles. The highest BCUT2D eigenvalue weighted by molar-refractivity contribution is 8.03. The summed E-state index contributed by atoms with van der Waals surface area (Å²) in [4.78, 5) is 26.7. The number of rotatable bonds is 13. The molecule has 0 aromatic carbocycles. The Morgan fingerprint density at radius 3 is 2.76 bits per heavy atom. The van der Waals surface area contributed by atoms with E-state index >= 15 is 0 Å². The summed E-state index contributed by atoms with van der Waals surface area (Å²) in [5.74, 6) is 1.51. The predicted octanol–water partition coefficient (Wildman–Crippen LogP) is 3.60. The summed E-state index contributed by atoms with van der Waals surface area (Å²) >= 11 is 1.50. The molecular formula is C18H29N6O3PS. The minimum atomic E-state index is -1.86. The lowest BCUT2D eigenvalue weighted by Gasteiger charge is -2.18. The molecule has 0 fully saturated rings. The van der Waals surface area contributed by atoms with Gasteiger partial charge in [-0.15, -0.1) is 0 Å². The van der Waals surface area contributed by atoms with Gasteiger partial charge in [-0.25, -0.2) is 9.67 Å². The van der Waals surface area contributed by atoms with Gasteiger partial charge < -0.3 is 19.8 Å². The van der Waals surface area contributed by atoms with Gasteiger partial charge in [-0.1, -0.05) is 20.3 Å². The monoisotopic (exact) mass is 440 g/mol. The maximum absolute atomic E-state index is 9.38. The van der Waals surface area contributed by atoms with Crippen LogP contribution in [0.1, 0.15) is 58.0 Å². The Labute approximate surface area is 176 Å². The smallest absolute Gasteiger partial charge is 0.236 e. The molecule has 0 aliphatic rings. The van der Waals surface area contributed by atoms with Crippen molar-refractivity contribution in [3.8, 4) is 6.07 Å². The molecule has 0 saturated carbocycles. The highest BCUT2D eigenvalue weighted by atomic mass is 32.2. The number of ether oxygens (including phenoxy) is 1. The molecule has 2 aromatic rings. The van der Waals surface area contributed by atoms with Crippen molar-refractivity contribution in [1.82, 2.24) is 19.7 Å². The standard InChI is InChI=1S/C18H29N6O3PS/c1-4-7-13(5-2)21-17-14-11-20-24(18(14)23-15(10-19)22-17)16(27-3)8-6-9-29-12-28(25)26/h11,13,16,25-26H,4-9,12H2,1-3H3,(H,21,22,23). The van der Waals surface area contributed by atoms with E-state index in [1.807, 2.05) is 6.07 Å². The van der Waals surface area contributed by atoms with Crippen LogP contribution in [0.2, 0.25) is 0 Å². The van der Waals surface area contributed by atoms with Crippen LogP contribution in [-0.4, -0.2) is 53.9 Å². The molecule has 0 radical (unpaired) electrons. The van der Waals surface area contributed by atoms with Crippen LogP contribution in [0, 0.1) is 11.3 Å². The number of thioether (sulfide) groups is 1. The summed E-state index contributed by atoms with van der Waals surface area (Å²) in [6, 6.07) is 2.30. The molecule has 0 aliphatic heterocycles. The van der Waals surface area contributed by atoms with Crippen molar-refractivity contribution >= 4 is 37.0 Å². The minimum Gasteiger partial charge on any atom is -0.367 e. The molecule has 0 aliphatic carbocycles. The Hall–Kier alpha value is -1.50. The van der Waals surface area contributed by atoms with E-state index in [4.69, 9.17) is 14.5 Å². The number of fused-ring (bicyclic) bond motifs is 1. The number of nitrogens with zero attached hydrogens (tertiary/aromatic N) is 5. The van der Waals surface area contributed by atoms with Gasteiger partial charge in [0.15, 0.2) is 20.3 Å². The SMILES string of the molecule is CCCC(CC)Nc1nc(C#N)nc2c1cnn2C(CCCSCP(O)O)OC. The Kier molecular flexibility index (Phi) is 10.0. The second kappa shape index (κ2) is 12.3. The van der Waals surface area contributed by atoms with Gasteiger partial charge in [0.25, 0.3) is 0 Å². The van der Waals surface area contributed by atoms with Gasteiger partial charge >= 0.3 is 0 Å². The number of methoxy groups -OCH3 is 1. The normalized spacial score (nSPS) is 13.6. The third-order valence-electron chi connectivity index (χ3n) is 4.52. The summed E-state index contributed by atoms with van der Waals surface area (Å²) in [6.45, 7) is 4.26. The van der Waals surface area contributed by atoms with Gasteiger partial charge in [0.1, 0.15) is 11.9 Å². The van der Waals surface area contributed by atoms with Crippen LogP contribution in [0.3, 0.4) is 0 Å². The van der Waals surface area contributed by atoms with Crippen LogP contribution in [0.15, 0.2) is 6.20 Å². The van der Waals surface area contributed by atoms with Crippen LogP contribution in [0.25, 0.3) is 11.0 Å². The van der Waals surface area contributed by atoms with Crippen molar-refractivity contribution in [3.63, 3.8) is 0 Å². The number of nitriles is 1. The van der Waals surface area contributed by atoms with E-state index in [0.717, 1.165) is 36.8 Å². The molecule has 11 heteroatoms. The van der Waals surface area contributed by atoms with Crippen molar-refractivity contribution in [2.75, 3.05) is 23.7 Å². The molecule has 0 saturated heterocycles. The second-order valence-electron chi connectivity index (χ2n) is 6.61. The molecule has 0 bridgehead atoms. The molecule has 9 nitrogen and oxygen atoms in total. The maximum atomic E-state index is 9.38. The summed E-state index contributed by atoms with van der Waals surface area (Å²) in [6.07, 6.45) is 5.92. The van der Waals surface area contributed by atoms with E-state index in [0.29, 0.717) is 23.4 Å². The molecular weight excluding hydrogens is 411 g/mol. The average molecular weight is 441 g/mol. The Balaban J connectivity index is 2.23. The molecule has 2 atom stereocenters. The molecule has 29 heavy (non-hydrogen) atoms. The Morgan fingerprint density at radius 2 is 2.14 bits per heavy atom. The van der Waals surface area contributed by atoms with E-state index in [2.05, 4.69) is 34.2 Å². The first-order valence-electron chi connectivity index (χ1n) is 9.71. The third-order valence-corrected chi connectivity index (χ3v) is 6.75. The molecule has 0 amide bonds. The lowest BCUT2D eigenvalue weighted by molar-refractivity contribution is 0.0298. The minimum absolute atomic E-state index is 0.0951. The van der Waals surface area contributed by atoms with E-state index in [1.54, 1.807) is 18.0 Å². The zero-order valence-corrected chi connectivity index (χ0v) is 18.8. The first-order valence-corrected chi connectivity index (χ1v) is 12.3. The lowest BCUT2D eigenvalue weighted by Crippen LogP contribution is -2.20. The van der Waals surface area contributed by atoms with Crippen LogP contribution in [0.4, 0.5) is 5.82 Å². The fourth-order valence-corrected chi connectivity index (χ4v) is 4.60. The summed E-state index contributed by atoms with van der Waals surface area (Å²) in [5.41, 5.74) is 0.918.